The molecule has 0 fully saturated rings. The molecule has 0 saturated heterocycles. The van der Waals surface area contributed by atoms with E-state index in [1.165, 1.54) is 27.7 Å². The Morgan fingerprint density at radius 3 is 1.84 bits per heavy atom. The first-order chi connectivity index (χ1) is 21.5. The summed E-state index contributed by atoms with van der Waals surface area (Å²) in [5.74, 6) is 1.75. The van der Waals surface area contributed by atoms with E-state index in [2.05, 4.69) is 172 Å². The van der Waals surface area contributed by atoms with Gasteiger partial charge >= 0.3 is 0 Å². The van der Waals surface area contributed by atoms with Crippen molar-refractivity contribution in [3.05, 3.63) is 169 Å². The summed E-state index contributed by atoms with van der Waals surface area (Å²) >= 11 is 0. The minimum absolute atomic E-state index is 0.545. The van der Waals surface area contributed by atoms with Crippen LogP contribution in [0.25, 0.3) is 39.1 Å². The lowest BCUT2D eigenvalue weighted by atomic mass is 9.80. The minimum atomic E-state index is 0.545. The fourth-order valence-electron chi connectivity index (χ4n) is 6.24. The molecule has 2 aromatic heterocycles. The van der Waals surface area contributed by atoms with Crippen LogP contribution in [-0.2, 0) is 0 Å². The number of aromatic nitrogens is 2. The van der Waals surface area contributed by atoms with E-state index in [0.29, 0.717) is 17.8 Å². The van der Waals surface area contributed by atoms with Crippen LogP contribution >= 0.6 is 0 Å². The molecule has 4 aromatic carbocycles. The quantitative estimate of drug-likeness (QED) is 0.201. The highest BCUT2D eigenvalue weighted by Gasteiger charge is 2.19. The van der Waals surface area contributed by atoms with Crippen molar-refractivity contribution in [3.8, 4) is 28.2 Å². The van der Waals surface area contributed by atoms with Crippen LogP contribution in [0.5, 0.6) is 0 Å². The van der Waals surface area contributed by atoms with Crippen molar-refractivity contribution in [1.82, 2.24) is 9.55 Å². The third-order valence-electron chi connectivity index (χ3n) is 8.49. The van der Waals surface area contributed by atoms with Crippen LogP contribution < -0.4 is 0 Å². The summed E-state index contributed by atoms with van der Waals surface area (Å²) < 4.78 is 2.32. The van der Waals surface area contributed by atoms with Gasteiger partial charge in [-0.05, 0) is 54.2 Å². The first-order valence-corrected chi connectivity index (χ1v) is 15.6. The molecule has 0 N–H and O–H groups in total. The first-order valence-electron chi connectivity index (χ1n) is 15.6. The number of hydrogen-bond donors (Lipinski definition) is 0. The largest absolute Gasteiger partial charge is 0.314 e. The van der Waals surface area contributed by atoms with Crippen LogP contribution in [0.4, 0.5) is 0 Å². The van der Waals surface area contributed by atoms with Crippen molar-refractivity contribution in [2.45, 2.75) is 39.5 Å². The molecule has 2 nitrogen and oxygen atoms in total. The predicted molar refractivity (Wildman–Crippen MR) is 187 cm³/mol. The Hall–Kier alpha value is -4.95. The fraction of sp³-hybridized carbons (Fsp3) is 0.167. The zero-order valence-electron chi connectivity index (χ0n) is 26.1. The standard InChI is InChI=1S/C26H20N2.C16H20/c1-19-16-22-14-8-9-15-26(22)28(19)23-17-24(20-10-4-2-5-11-20)27-25(18-23)21-12-6-3-7-13-21;1-12(2)14-9-6-7-11-16(14)15-10-5-4-8-13(15)3/h2-18H,1H3;4-13,15H,1-3H3. The monoisotopic (exact) mass is 572 g/mol. The highest BCUT2D eigenvalue weighted by atomic mass is 15.0. The van der Waals surface area contributed by atoms with Gasteiger partial charge in [-0.25, -0.2) is 4.98 Å². The maximum absolute atomic E-state index is 4.98. The van der Waals surface area contributed by atoms with Crippen LogP contribution in [-0.4, -0.2) is 9.55 Å². The Bertz CT molecular complexity index is 1850. The van der Waals surface area contributed by atoms with E-state index in [9.17, 15) is 0 Å². The third kappa shape index (κ3) is 6.21. The number of rotatable bonds is 5. The van der Waals surface area contributed by atoms with E-state index in [1.54, 1.807) is 0 Å². The van der Waals surface area contributed by atoms with Crippen molar-refractivity contribution < 1.29 is 0 Å². The topological polar surface area (TPSA) is 17.8 Å². The van der Waals surface area contributed by atoms with Crippen LogP contribution in [0, 0.1) is 12.8 Å². The SMILES string of the molecule is CC(C)c1ccccc1C1C=CC=CC1C.Cc1cc2ccccc2n1-c1cc(-c2ccccc2)nc(-c2ccccc2)c1. The van der Waals surface area contributed by atoms with Gasteiger partial charge in [0.2, 0.25) is 0 Å². The predicted octanol–water partition coefficient (Wildman–Crippen LogP) is 11.3. The van der Waals surface area contributed by atoms with E-state index in [0.717, 1.165) is 28.2 Å². The van der Waals surface area contributed by atoms with Gasteiger partial charge in [0.15, 0.2) is 0 Å². The summed E-state index contributed by atoms with van der Waals surface area (Å²) in [6, 6.07) is 44.7. The van der Waals surface area contributed by atoms with Crippen molar-refractivity contribution in [2.75, 3.05) is 0 Å². The molecule has 2 atom stereocenters. The van der Waals surface area contributed by atoms with Crippen LogP contribution in [0.3, 0.4) is 0 Å². The Balaban J connectivity index is 0.000000182. The van der Waals surface area contributed by atoms with Crippen LogP contribution in [0.15, 0.2) is 152 Å². The molecular weight excluding hydrogens is 532 g/mol. The van der Waals surface area contributed by atoms with E-state index in [-0.39, 0.29) is 0 Å². The fourth-order valence-corrected chi connectivity index (χ4v) is 6.24. The van der Waals surface area contributed by atoms with Gasteiger partial charge in [-0.15, -0.1) is 0 Å². The Kier molecular flexibility index (Phi) is 8.70. The summed E-state index contributed by atoms with van der Waals surface area (Å²) in [7, 11) is 0. The number of benzene rings is 4. The highest BCUT2D eigenvalue weighted by molar-refractivity contribution is 5.84. The van der Waals surface area contributed by atoms with Gasteiger partial charge in [-0.2, -0.15) is 0 Å². The molecule has 2 heteroatoms. The van der Waals surface area contributed by atoms with E-state index in [4.69, 9.17) is 4.98 Å². The van der Waals surface area contributed by atoms with Gasteiger partial charge in [-0.3, -0.25) is 0 Å². The second-order valence-electron chi connectivity index (χ2n) is 11.9. The smallest absolute Gasteiger partial charge is 0.0730 e. The summed E-state index contributed by atoms with van der Waals surface area (Å²) in [6.45, 7) is 8.99. The van der Waals surface area contributed by atoms with Crippen molar-refractivity contribution in [2.24, 2.45) is 5.92 Å². The molecule has 1 aliphatic carbocycles. The molecule has 7 rings (SSSR count). The maximum atomic E-state index is 4.98. The molecule has 44 heavy (non-hydrogen) atoms. The number of aryl methyl sites for hydroxylation is 1. The Morgan fingerprint density at radius 2 is 1.20 bits per heavy atom. The average Bonchev–Trinajstić information content (AvgIpc) is 3.41. The molecule has 0 spiro atoms. The number of nitrogens with zero attached hydrogens (tertiary/aromatic N) is 2. The minimum Gasteiger partial charge on any atom is -0.314 e. The number of allylic oxidation sites excluding steroid dienone is 4. The van der Waals surface area contributed by atoms with E-state index < -0.39 is 0 Å². The average molecular weight is 573 g/mol. The van der Waals surface area contributed by atoms with Crippen molar-refractivity contribution in [1.29, 1.82) is 0 Å². The lowest BCUT2D eigenvalue weighted by Gasteiger charge is -2.24. The second-order valence-corrected chi connectivity index (χ2v) is 11.9. The molecule has 0 bridgehead atoms. The van der Waals surface area contributed by atoms with Crippen molar-refractivity contribution in [3.63, 3.8) is 0 Å². The summed E-state index contributed by atoms with van der Waals surface area (Å²) in [5, 5.41) is 1.25. The zero-order valence-corrected chi connectivity index (χ0v) is 26.1. The van der Waals surface area contributed by atoms with Gasteiger partial charge in [0.1, 0.15) is 0 Å². The molecule has 2 unspecified atom stereocenters. The van der Waals surface area contributed by atoms with E-state index >= 15 is 0 Å². The molecular formula is C42H40N2. The molecule has 0 aliphatic heterocycles. The zero-order chi connectivity index (χ0) is 30.5. The number of fused-ring (bicyclic) bond motifs is 1. The normalized spacial score (nSPS) is 15.8. The number of pyridine rings is 1. The first kappa shape index (κ1) is 29.1. The lowest BCUT2D eigenvalue weighted by Crippen LogP contribution is -2.10. The Morgan fingerprint density at radius 1 is 0.636 bits per heavy atom. The van der Waals surface area contributed by atoms with E-state index in [1.807, 2.05) is 12.1 Å². The molecule has 0 saturated carbocycles. The maximum Gasteiger partial charge on any atom is 0.0730 e. The van der Waals surface area contributed by atoms with Gasteiger partial charge in [-0.1, -0.05) is 148 Å². The molecule has 2 heterocycles. The van der Waals surface area contributed by atoms with Gasteiger partial charge in [0, 0.05) is 28.1 Å². The lowest BCUT2D eigenvalue weighted by molar-refractivity contribution is 0.624. The van der Waals surface area contributed by atoms with Gasteiger partial charge in [0.05, 0.1) is 22.6 Å². The number of hydrogen-bond acceptors (Lipinski definition) is 1. The highest BCUT2D eigenvalue weighted by Crippen LogP contribution is 2.35. The summed E-state index contributed by atoms with van der Waals surface area (Å²) in [6.07, 6.45) is 8.94. The molecule has 218 valence electrons. The molecule has 1 aliphatic rings. The van der Waals surface area contributed by atoms with Crippen LogP contribution in [0.2, 0.25) is 0 Å². The third-order valence-corrected chi connectivity index (χ3v) is 8.49. The van der Waals surface area contributed by atoms with Gasteiger partial charge < -0.3 is 4.57 Å². The Labute approximate surface area is 262 Å². The summed E-state index contributed by atoms with van der Waals surface area (Å²) in [4.78, 5) is 4.98. The molecule has 0 amide bonds. The van der Waals surface area contributed by atoms with Crippen LogP contribution in [0.1, 0.15) is 49.4 Å². The molecule has 6 aromatic rings. The summed E-state index contributed by atoms with van der Waals surface area (Å²) in [5.41, 5.74) is 10.7. The number of para-hydroxylation sites is 1. The van der Waals surface area contributed by atoms with Gasteiger partial charge in [0.25, 0.3) is 0 Å². The second kappa shape index (κ2) is 13.1. The van der Waals surface area contributed by atoms with Crippen molar-refractivity contribution >= 4 is 10.9 Å². The molecule has 0 radical (unpaired) electrons.